The number of rotatable bonds is 7. The number of aryl methyl sites for hydroxylation is 1. The lowest BCUT2D eigenvalue weighted by molar-refractivity contribution is 0.0526. The van der Waals surface area contributed by atoms with Gasteiger partial charge in [0.2, 0.25) is 0 Å². The second-order valence-electron chi connectivity index (χ2n) is 6.58. The lowest BCUT2D eigenvalue weighted by Crippen LogP contribution is -2.11. The summed E-state index contributed by atoms with van der Waals surface area (Å²) in [5.41, 5.74) is 8.32. The first kappa shape index (κ1) is 20.7. The highest BCUT2D eigenvalue weighted by Crippen LogP contribution is 2.23. The molecule has 1 N–H and O–H groups in total. The van der Waals surface area contributed by atoms with E-state index < -0.39 is 0 Å². The number of nitrogens with one attached hydrogen (secondary N) is 1. The number of nitrogens with zero attached hydrogens (tertiary/aromatic N) is 2. The smallest absolute Gasteiger partial charge is 0.340 e. The number of hydrogen-bond donors (Lipinski definition) is 1. The van der Waals surface area contributed by atoms with Gasteiger partial charge >= 0.3 is 5.97 Å². The lowest BCUT2D eigenvalue weighted by Gasteiger charge is -2.14. The van der Waals surface area contributed by atoms with Crippen molar-refractivity contribution in [2.45, 2.75) is 27.3 Å². The van der Waals surface area contributed by atoms with Crippen molar-refractivity contribution in [3.05, 3.63) is 87.7 Å². The molecule has 0 aliphatic carbocycles. The van der Waals surface area contributed by atoms with E-state index in [1.807, 2.05) is 66.9 Å². The monoisotopic (exact) mass is 409 g/mol. The van der Waals surface area contributed by atoms with Gasteiger partial charge in [0.25, 0.3) is 0 Å². The Morgan fingerprint density at radius 3 is 2.66 bits per heavy atom. The molecule has 0 atom stereocenters. The van der Waals surface area contributed by atoms with Crippen LogP contribution in [-0.4, -0.2) is 23.4 Å². The number of carbonyl (C=O) groups excluding carboxylic acids is 1. The molecule has 0 spiro atoms. The maximum absolute atomic E-state index is 12.4. The van der Waals surface area contributed by atoms with Gasteiger partial charge in [-0.2, -0.15) is 5.10 Å². The molecule has 0 aliphatic rings. The predicted molar refractivity (Wildman–Crippen MR) is 117 cm³/mol. The molecular formula is C23H24ClN3O2. The molecule has 0 aliphatic heterocycles. The van der Waals surface area contributed by atoms with Crippen LogP contribution in [0.2, 0.25) is 5.02 Å². The summed E-state index contributed by atoms with van der Waals surface area (Å²) in [7, 11) is 0. The highest BCUT2D eigenvalue weighted by molar-refractivity contribution is 6.31. The zero-order valence-corrected chi connectivity index (χ0v) is 17.5. The summed E-state index contributed by atoms with van der Waals surface area (Å²) < 4.78 is 7.25. The largest absolute Gasteiger partial charge is 0.462 e. The zero-order valence-electron chi connectivity index (χ0n) is 16.8. The molecule has 29 heavy (non-hydrogen) atoms. The lowest BCUT2D eigenvalue weighted by atomic mass is 10.1. The van der Waals surface area contributed by atoms with Crippen LogP contribution >= 0.6 is 11.6 Å². The van der Waals surface area contributed by atoms with E-state index in [0.29, 0.717) is 23.7 Å². The Bertz CT molecular complexity index is 1040. The third kappa shape index (κ3) is 4.69. The van der Waals surface area contributed by atoms with Gasteiger partial charge in [-0.3, -0.25) is 0 Å². The molecule has 6 heteroatoms. The minimum atomic E-state index is -0.327. The molecule has 0 saturated heterocycles. The van der Waals surface area contributed by atoms with Crippen LogP contribution in [0.25, 0.3) is 5.69 Å². The van der Waals surface area contributed by atoms with Crippen molar-refractivity contribution < 1.29 is 9.53 Å². The molecular weight excluding hydrogens is 386 g/mol. The molecule has 2 aromatic carbocycles. The third-order valence-corrected chi connectivity index (χ3v) is 5.00. The van der Waals surface area contributed by atoms with Gasteiger partial charge in [0.05, 0.1) is 30.6 Å². The number of hydrogen-bond acceptors (Lipinski definition) is 4. The third-order valence-electron chi connectivity index (χ3n) is 4.63. The van der Waals surface area contributed by atoms with Gasteiger partial charge in [-0.05, 0) is 50.6 Å². The van der Waals surface area contributed by atoms with Crippen molar-refractivity contribution in [2.24, 2.45) is 5.10 Å². The Kier molecular flexibility index (Phi) is 6.73. The molecule has 5 nitrogen and oxygen atoms in total. The second-order valence-corrected chi connectivity index (χ2v) is 6.99. The molecule has 0 unspecified atom stereocenters. The standard InChI is InChI=1S/C23H24ClN3O2/c1-4-29-23(28)20-10-6-8-12-22(20)27-16(2)13-19(17(27)3)15-26-25-14-18-9-5-7-11-21(18)24/h5-13,15,25H,4,14H2,1-3H3/b26-15-. The van der Waals surface area contributed by atoms with Gasteiger partial charge in [0.15, 0.2) is 0 Å². The van der Waals surface area contributed by atoms with Gasteiger partial charge in [-0.25, -0.2) is 4.79 Å². The molecule has 3 rings (SSSR count). The van der Waals surface area contributed by atoms with E-state index in [4.69, 9.17) is 16.3 Å². The molecule has 0 radical (unpaired) electrons. The van der Waals surface area contributed by atoms with Crippen LogP contribution in [0.5, 0.6) is 0 Å². The Balaban J connectivity index is 1.83. The normalized spacial score (nSPS) is 11.0. The number of hydrazone groups is 1. The summed E-state index contributed by atoms with van der Waals surface area (Å²) >= 11 is 6.17. The van der Waals surface area contributed by atoms with Gasteiger partial charge in [0, 0.05) is 22.0 Å². The summed E-state index contributed by atoms with van der Waals surface area (Å²) in [6.45, 7) is 6.69. The minimum Gasteiger partial charge on any atom is -0.462 e. The van der Waals surface area contributed by atoms with E-state index in [1.165, 1.54) is 0 Å². The van der Waals surface area contributed by atoms with Gasteiger partial charge in [-0.1, -0.05) is 41.9 Å². The SMILES string of the molecule is CCOC(=O)c1ccccc1-n1c(C)cc(/C=N\NCc2ccccc2Cl)c1C. The molecule has 3 aromatic rings. The number of esters is 1. The predicted octanol–water partition coefficient (Wildman–Crippen LogP) is 5.05. The Labute approximate surface area is 176 Å². The van der Waals surface area contributed by atoms with Gasteiger partial charge in [0.1, 0.15) is 0 Å². The topological polar surface area (TPSA) is 55.6 Å². The van der Waals surface area contributed by atoms with Crippen LogP contribution in [0.3, 0.4) is 0 Å². The number of para-hydroxylation sites is 1. The van der Waals surface area contributed by atoms with Crippen molar-refractivity contribution in [3.8, 4) is 5.69 Å². The quantitative estimate of drug-likeness (QED) is 0.337. The van der Waals surface area contributed by atoms with Crippen molar-refractivity contribution in [3.63, 3.8) is 0 Å². The van der Waals surface area contributed by atoms with Crippen molar-refractivity contribution in [1.29, 1.82) is 0 Å². The van der Waals surface area contributed by atoms with Crippen molar-refractivity contribution in [1.82, 2.24) is 9.99 Å². The van der Waals surface area contributed by atoms with Crippen LogP contribution in [0, 0.1) is 13.8 Å². The average molecular weight is 410 g/mol. The molecule has 0 bridgehead atoms. The highest BCUT2D eigenvalue weighted by Gasteiger charge is 2.17. The highest BCUT2D eigenvalue weighted by atomic mass is 35.5. The van der Waals surface area contributed by atoms with Crippen LogP contribution in [-0.2, 0) is 11.3 Å². The Morgan fingerprint density at radius 2 is 1.90 bits per heavy atom. The molecule has 0 saturated carbocycles. The number of benzene rings is 2. The maximum Gasteiger partial charge on any atom is 0.340 e. The Morgan fingerprint density at radius 1 is 1.17 bits per heavy atom. The van der Waals surface area contributed by atoms with E-state index in [0.717, 1.165) is 28.2 Å². The summed E-state index contributed by atoms with van der Waals surface area (Å²) in [6.07, 6.45) is 1.78. The molecule has 1 heterocycles. The molecule has 0 fully saturated rings. The fourth-order valence-corrected chi connectivity index (χ4v) is 3.43. The van der Waals surface area contributed by atoms with Crippen LogP contribution in [0.4, 0.5) is 0 Å². The van der Waals surface area contributed by atoms with E-state index in [2.05, 4.69) is 10.5 Å². The fourth-order valence-electron chi connectivity index (χ4n) is 3.23. The maximum atomic E-state index is 12.4. The zero-order chi connectivity index (χ0) is 20.8. The minimum absolute atomic E-state index is 0.327. The van der Waals surface area contributed by atoms with Crippen LogP contribution in [0.15, 0.2) is 59.7 Å². The van der Waals surface area contributed by atoms with Gasteiger partial charge < -0.3 is 14.7 Å². The van der Waals surface area contributed by atoms with Crippen LogP contribution in [0.1, 0.15) is 39.8 Å². The van der Waals surface area contributed by atoms with Gasteiger partial charge in [-0.15, -0.1) is 0 Å². The Hall–Kier alpha value is -3.05. The van der Waals surface area contributed by atoms with Crippen molar-refractivity contribution in [2.75, 3.05) is 6.61 Å². The molecule has 150 valence electrons. The number of aromatic nitrogens is 1. The first-order valence-corrected chi connectivity index (χ1v) is 9.85. The van der Waals surface area contributed by atoms with Crippen LogP contribution < -0.4 is 5.43 Å². The fraction of sp³-hybridized carbons (Fsp3) is 0.217. The number of carbonyl (C=O) groups is 1. The summed E-state index contributed by atoms with van der Waals surface area (Å²) in [4.78, 5) is 12.4. The summed E-state index contributed by atoms with van der Waals surface area (Å²) in [5, 5.41) is 5.05. The van der Waals surface area contributed by atoms with E-state index >= 15 is 0 Å². The molecule has 0 amide bonds. The van der Waals surface area contributed by atoms with E-state index in [-0.39, 0.29) is 5.97 Å². The first-order valence-electron chi connectivity index (χ1n) is 9.47. The first-order chi connectivity index (χ1) is 14.0. The molecule has 1 aromatic heterocycles. The van der Waals surface area contributed by atoms with Crippen molar-refractivity contribution >= 4 is 23.8 Å². The second kappa shape index (κ2) is 9.43. The van der Waals surface area contributed by atoms with E-state index in [1.54, 1.807) is 19.2 Å². The summed E-state index contributed by atoms with van der Waals surface area (Å²) in [6, 6.07) is 17.2. The summed E-state index contributed by atoms with van der Waals surface area (Å²) in [5.74, 6) is -0.327. The van der Waals surface area contributed by atoms with E-state index in [9.17, 15) is 4.79 Å². The number of ether oxygens (including phenoxy) is 1. The number of halogens is 1. The average Bonchev–Trinajstić information content (AvgIpc) is 3.00.